The highest BCUT2D eigenvalue weighted by atomic mass is 16.5. The zero-order valence-corrected chi connectivity index (χ0v) is 21.3. The van der Waals surface area contributed by atoms with Crippen molar-refractivity contribution in [2.45, 2.75) is 58.7 Å². The third kappa shape index (κ3) is 6.59. The zero-order chi connectivity index (χ0) is 24.7. The Morgan fingerprint density at radius 1 is 0.889 bits per heavy atom. The van der Waals surface area contributed by atoms with Crippen molar-refractivity contribution in [1.82, 2.24) is 25.3 Å². The molecule has 2 saturated heterocycles. The van der Waals surface area contributed by atoms with Crippen LogP contribution in [-0.4, -0.2) is 52.0 Å². The van der Waals surface area contributed by atoms with Crippen molar-refractivity contribution in [3.8, 4) is 11.4 Å². The number of nitrogens with one attached hydrogen (secondary N) is 1. The normalized spacial score (nSPS) is 17.8. The number of hydrogen-bond donors (Lipinski definition) is 1. The van der Waals surface area contributed by atoms with E-state index in [4.69, 9.17) is 4.52 Å². The van der Waals surface area contributed by atoms with Crippen molar-refractivity contribution < 1.29 is 9.32 Å². The molecule has 0 atom stereocenters. The fourth-order valence-electron chi connectivity index (χ4n) is 5.16. The standard InChI is InChI=1S/C29H37N5O2/c1-22-5-11-25(12-6-22)28-31-27(36-32-28)21-34-17-13-26(14-18-34)29(35)30-19-23-7-9-24(10-8-23)20-33-15-3-2-4-16-33/h5-12,26H,2-4,13-21H2,1H3,(H,30,35). The van der Waals surface area contributed by atoms with Gasteiger partial charge in [-0.2, -0.15) is 4.98 Å². The predicted molar refractivity (Wildman–Crippen MR) is 140 cm³/mol. The van der Waals surface area contributed by atoms with E-state index < -0.39 is 0 Å². The van der Waals surface area contributed by atoms with Crippen LogP contribution in [0.3, 0.4) is 0 Å². The summed E-state index contributed by atoms with van der Waals surface area (Å²) in [5, 5.41) is 7.28. The highest BCUT2D eigenvalue weighted by Crippen LogP contribution is 2.21. The highest BCUT2D eigenvalue weighted by Gasteiger charge is 2.26. The molecule has 3 heterocycles. The quantitative estimate of drug-likeness (QED) is 0.502. The summed E-state index contributed by atoms with van der Waals surface area (Å²) in [4.78, 5) is 22.2. The molecule has 2 fully saturated rings. The number of likely N-dealkylation sites (tertiary alicyclic amines) is 2. The fraction of sp³-hybridized carbons (Fsp3) is 0.483. The molecule has 0 unspecified atom stereocenters. The van der Waals surface area contributed by atoms with E-state index >= 15 is 0 Å². The molecule has 1 N–H and O–H groups in total. The zero-order valence-electron chi connectivity index (χ0n) is 21.3. The first-order valence-electron chi connectivity index (χ1n) is 13.3. The van der Waals surface area contributed by atoms with Gasteiger partial charge in [-0.05, 0) is 69.9 Å². The summed E-state index contributed by atoms with van der Waals surface area (Å²) in [6, 6.07) is 16.8. The van der Waals surface area contributed by atoms with Crippen molar-refractivity contribution in [1.29, 1.82) is 0 Å². The van der Waals surface area contributed by atoms with Gasteiger partial charge in [0.15, 0.2) is 0 Å². The number of nitrogens with zero attached hydrogens (tertiary/aromatic N) is 4. The number of carbonyl (C=O) groups is 1. The number of aromatic nitrogens is 2. The average Bonchev–Trinajstić information content (AvgIpc) is 3.38. The fourth-order valence-corrected chi connectivity index (χ4v) is 5.16. The largest absolute Gasteiger partial charge is 0.352 e. The van der Waals surface area contributed by atoms with Crippen molar-refractivity contribution in [2.24, 2.45) is 5.92 Å². The first kappa shape index (κ1) is 24.7. The van der Waals surface area contributed by atoms with Crippen LogP contribution < -0.4 is 5.32 Å². The van der Waals surface area contributed by atoms with E-state index in [-0.39, 0.29) is 11.8 Å². The van der Waals surface area contributed by atoms with Gasteiger partial charge in [0.2, 0.25) is 17.6 Å². The second-order valence-corrected chi connectivity index (χ2v) is 10.3. The van der Waals surface area contributed by atoms with Crippen LogP contribution in [0.15, 0.2) is 53.1 Å². The van der Waals surface area contributed by atoms with Crippen LogP contribution in [0.1, 0.15) is 54.7 Å². The van der Waals surface area contributed by atoms with Crippen LogP contribution in [0.25, 0.3) is 11.4 Å². The molecule has 1 aromatic heterocycles. The van der Waals surface area contributed by atoms with E-state index in [2.05, 4.69) is 56.4 Å². The van der Waals surface area contributed by atoms with Gasteiger partial charge in [-0.15, -0.1) is 0 Å². The lowest BCUT2D eigenvalue weighted by molar-refractivity contribution is -0.126. The molecular weight excluding hydrogens is 450 g/mol. The maximum absolute atomic E-state index is 12.8. The van der Waals surface area contributed by atoms with E-state index in [0.717, 1.165) is 43.6 Å². The van der Waals surface area contributed by atoms with Gasteiger partial charge in [0.25, 0.3) is 0 Å². The van der Waals surface area contributed by atoms with Crippen molar-refractivity contribution in [2.75, 3.05) is 26.2 Å². The SMILES string of the molecule is Cc1ccc(-c2noc(CN3CCC(C(=O)NCc4ccc(CN5CCCCC5)cc4)CC3)n2)cc1. The van der Waals surface area contributed by atoms with Crippen LogP contribution in [0.5, 0.6) is 0 Å². The Kier molecular flexibility index (Phi) is 8.08. The van der Waals surface area contributed by atoms with E-state index in [0.29, 0.717) is 24.8 Å². The minimum absolute atomic E-state index is 0.0606. The summed E-state index contributed by atoms with van der Waals surface area (Å²) in [5.74, 6) is 1.47. The Bertz CT molecular complexity index is 1110. The van der Waals surface area contributed by atoms with E-state index in [1.165, 1.54) is 43.5 Å². The molecule has 2 aromatic carbocycles. The number of carbonyl (C=O) groups excluding carboxylic acids is 1. The molecule has 7 nitrogen and oxygen atoms in total. The predicted octanol–water partition coefficient (Wildman–Crippen LogP) is 4.56. The van der Waals surface area contributed by atoms with Crippen LogP contribution in [0.4, 0.5) is 0 Å². The van der Waals surface area contributed by atoms with Gasteiger partial charge in [-0.3, -0.25) is 14.6 Å². The lowest BCUT2D eigenvalue weighted by Crippen LogP contribution is -2.40. The third-order valence-electron chi connectivity index (χ3n) is 7.44. The number of amides is 1. The summed E-state index contributed by atoms with van der Waals surface area (Å²) >= 11 is 0. The molecule has 0 aliphatic carbocycles. The molecular formula is C29H37N5O2. The monoisotopic (exact) mass is 487 g/mol. The molecule has 0 bridgehead atoms. The maximum atomic E-state index is 12.8. The Balaban J connectivity index is 1.03. The Morgan fingerprint density at radius 3 is 2.28 bits per heavy atom. The minimum Gasteiger partial charge on any atom is -0.352 e. The van der Waals surface area contributed by atoms with Crippen molar-refractivity contribution in [3.05, 3.63) is 71.1 Å². The molecule has 5 rings (SSSR count). The molecule has 190 valence electrons. The summed E-state index contributed by atoms with van der Waals surface area (Å²) in [6.45, 7) is 8.42. The number of benzene rings is 2. The van der Waals surface area contributed by atoms with Crippen molar-refractivity contribution in [3.63, 3.8) is 0 Å². The van der Waals surface area contributed by atoms with E-state index in [1.807, 2.05) is 24.3 Å². The van der Waals surface area contributed by atoms with Gasteiger partial charge in [-0.25, -0.2) is 0 Å². The smallest absolute Gasteiger partial charge is 0.241 e. The second-order valence-electron chi connectivity index (χ2n) is 10.3. The van der Waals surface area contributed by atoms with Crippen LogP contribution >= 0.6 is 0 Å². The number of piperidine rings is 2. The molecule has 0 radical (unpaired) electrons. The Labute approximate surface area is 213 Å². The maximum Gasteiger partial charge on any atom is 0.241 e. The Morgan fingerprint density at radius 2 is 1.56 bits per heavy atom. The molecule has 7 heteroatoms. The lowest BCUT2D eigenvalue weighted by atomic mass is 9.96. The first-order chi connectivity index (χ1) is 17.6. The third-order valence-corrected chi connectivity index (χ3v) is 7.44. The summed E-state index contributed by atoms with van der Waals surface area (Å²) in [7, 11) is 0. The molecule has 1 amide bonds. The summed E-state index contributed by atoms with van der Waals surface area (Å²) < 4.78 is 5.48. The number of hydrogen-bond acceptors (Lipinski definition) is 6. The first-order valence-corrected chi connectivity index (χ1v) is 13.3. The Hall–Kier alpha value is -3.03. The molecule has 2 aliphatic heterocycles. The molecule has 0 saturated carbocycles. The average molecular weight is 488 g/mol. The van der Waals surface area contributed by atoms with Gasteiger partial charge in [0, 0.05) is 24.6 Å². The van der Waals surface area contributed by atoms with Gasteiger partial charge in [0.05, 0.1) is 6.54 Å². The van der Waals surface area contributed by atoms with Gasteiger partial charge >= 0.3 is 0 Å². The topological polar surface area (TPSA) is 74.5 Å². The lowest BCUT2D eigenvalue weighted by Gasteiger charge is -2.30. The summed E-state index contributed by atoms with van der Waals surface area (Å²) in [6.07, 6.45) is 5.69. The van der Waals surface area contributed by atoms with Gasteiger partial charge in [0.1, 0.15) is 0 Å². The summed E-state index contributed by atoms with van der Waals surface area (Å²) in [5.41, 5.74) is 4.67. The molecule has 2 aliphatic rings. The van der Waals surface area contributed by atoms with Crippen molar-refractivity contribution >= 4 is 5.91 Å². The highest BCUT2D eigenvalue weighted by molar-refractivity contribution is 5.78. The van der Waals surface area contributed by atoms with E-state index in [9.17, 15) is 4.79 Å². The van der Waals surface area contributed by atoms with E-state index in [1.54, 1.807) is 0 Å². The number of rotatable bonds is 8. The molecule has 0 spiro atoms. The van der Waals surface area contributed by atoms with Gasteiger partial charge < -0.3 is 9.84 Å². The minimum atomic E-state index is 0.0606. The van der Waals surface area contributed by atoms with Crippen LogP contribution in [-0.2, 0) is 24.4 Å². The van der Waals surface area contributed by atoms with Crippen LogP contribution in [0, 0.1) is 12.8 Å². The molecule has 36 heavy (non-hydrogen) atoms. The number of aryl methyl sites for hydroxylation is 1. The van der Waals surface area contributed by atoms with Gasteiger partial charge in [-0.1, -0.05) is 65.7 Å². The molecule has 3 aromatic rings. The van der Waals surface area contributed by atoms with Crippen LogP contribution in [0.2, 0.25) is 0 Å². The second kappa shape index (κ2) is 11.8.